The summed E-state index contributed by atoms with van der Waals surface area (Å²) in [6.07, 6.45) is 5.61. The first-order chi connectivity index (χ1) is 8.88. The van der Waals surface area contributed by atoms with Crippen molar-refractivity contribution < 1.29 is 13.2 Å². The fraction of sp³-hybridized carbons (Fsp3) is 0.571. The molecule has 0 aromatic carbocycles. The largest absolute Gasteiger partial charge is 0.294 e. The zero-order chi connectivity index (χ0) is 14.0. The molecule has 0 amide bonds. The van der Waals surface area contributed by atoms with E-state index in [1.807, 2.05) is 6.92 Å². The average molecular weight is 281 g/mol. The molecule has 1 saturated carbocycles. The van der Waals surface area contributed by atoms with Gasteiger partial charge in [-0.3, -0.25) is 9.78 Å². The lowest BCUT2D eigenvalue weighted by Gasteiger charge is -2.27. The Morgan fingerprint density at radius 1 is 1.37 bits per heavy atom. The molecule has 0 spiro atoms. The molecule has 2 atom stereocenters. The van der Waals surface area contributed by atoms with Crippen LogP contribution in [0.1, 0.15) is 41.7 Å². The van der Waals surface area contributed by atoms with Crippen LogP contribution in [0.4, 0.5) is 0 Å². The zero-order valence-electron chi connectivity index (χ0n) is 11.3. The predicted octanol–water partition coefficient (Wildman–Crippen LogP) is 2.18. The number of aromatic nitrogens is 1. The lowest BCUT2D eigenvalue weighted by Crippen LogP contribution is -2.31. The van der Waals surface area contributed by atoms with E-state index >= 15 is 0 Å². The summed E-state index contributed by atoms with van der Waals surface area (Å²) < 4.78 is 23.2. The van der Waals surface area contributed by atoms with Gasteiger partial charge in [0.15, 0.2) is 5.78 Å². The van der Waals surface area contributed by atoms with Gasteiger partial charge >= 0.3 is 0 Å². The standard InChI is InChI=1S/C14H19NO3S/c1-10-8-12(6-7-15-10)14(16)11-4-3-5-13(9-11)19(2,17)18/h6-8,11,13H,3-5,9H2,1-2H3. The van der Waals surface area contributed by atoms with Gasteiger partial charge in [0.05, 0.1) is 5.25 Å². The van der Waals surface area contributed by atoms with Crippen LogP contribution < -0.4 is 0 Å². The molecule has 0 aliphatic heterocycles. The number of sulfone groups is 1. The second-order valence-electron chi connectivity index (χ2n) is 5.37. The smallest absolute Gasteiger partial charge is 0.166 e. The quantitative estimate of drug-likeness (QED) is 0.797. The molecule has 1 aromatic rings. The first-order valence-electron chi connectivity index (χ1n) is 6.53. The number of aryl methyl sites for hydroxylation is 1. The Kier molecular flexibility index (Phi) is 4.04. The highest BCUT2D eigenvalue weighted by Crippen LogP contribution is 2.30. The molecule has 1 aliphatic carbocycles. The van der Waals surface area contributed by atoms with E-state index in [9.17, 15) is 13.2 Å². The number of Topliss-reactive ketones (excluding diaryl/α,β-unsaturated/α-hetero) is 1. The maximum absolute atomic E-state index is 12.4. The van der Waals surface area contributed by atoms with Gasteiger partial charge in [0.1, 0.15) is 9.84 Å². The van der Waals surface area contributed by atoms with Gasteiger partial charge < -0.3 is 0 Å². The first-order valence-corrected chi connectivity index (χ1v) is 8.49. The van der Waals surface area contributed by atoms with E-state index < -0.39 is 9.84 Å². The number of nitrogens with zero attached hydrogens (tertiary/aromatic N) is 1. The monoisotopic (exact) mass is 281 g/mol. The van der Waals surface area contributed by atoms with Crippen molar-refractivity contribution in [1.29, 1.82) is 0 Å². The zero-order valence-corrected chi connectivity index (χ0v) is 12.1. The molecule has 4 nitrogen and oxygen atoms in total. The second kappa shape index (κ2) is 5.41. The number of pyridine rings is 1. The number of ketones is 1. The topological polar surface area (TPSA) is 64.1 Å². The number of carbonyl (C=O) groups excluding carboxylic acids is 1. The van der Waals surface area contributed by atoms with Crippen molar-refractivity contribution in [2.45, 2.75) is 37.9 Å². The van der Waals surface area contributed by atoms with Crippen LogP contribution >= 0.6 is 0 Å². The van der Waals surface area contributed by atoms with Crippen molar-refractivity contribution in [1.82, 2.24) is 4.98 Å². The summed E-state index contributed by atoms with van der Waals surface area (Å²) in [5, 5.41) is -0.363. The van der Waals surface area contributed by atoms with E-state index in [-0.39, 0.29) is 17.0 Å². The van der Waals surface area contributed by atoms with Crippen LogP contribution in [0.3, 0.4) is 0 Å². The third-order valence-corrected chi connectivity index (χ3v) is 5.42. The van der Waals surface area contributed by atoms with Crippen LogP contribution in [0.5, 0.6) is 0 Å². The third-order valence-electron chi connectivity index (χ3n) is 3.78. The van der Waals surface area contributed by atoms with Crippen LogP contribution in [0.15, 0.2) is 18.3 Å². The molecule has 19 heavy (non-hydrogen) atoms. The van der Waals surface area contributed by atoms with Crippen LogP contribution in [-0.2, 0) is 9.84 Å². The minimum Gasteiger partial charge on any atom is -0.294 e. The summed E-state index contributed by atoms with van der Waals surface area (Å²) in [5.74, 6) is -0.117. The van der Waals surface area contributed by atoms with Gasteiger partial charge in [-0.2, -0.15) is 0 Å². The van der Waals surface area contributed by atoms with Gasteiger partial charge in [-0.05, 0) is 38.3 Å². The van der Waals surface area contributed by atoms with E-state index in [1.165, 1.54) is 6.26 Å². The number of rotatable bonds is 3. The van der Waals surface area contributed by atoms with Gasteiger partial charge in [0.25, 0.3) is 0 Å². The van der Waals surface area contributed by atoms with Crippen LogP contribution in [0.25, 0.3) is 0 Å². The maximum Gasteiger partial charge on any atom is 0.166 e. The molecule has 2 unspecified atom stereocenters. The summed E-state index contributed by atoms with van der Waals surface area (Å²) in [4.78, 5) is 16.5. The molecular weight excluding hydrogens is 262 g/mol. The molecular formula is C14H19NO3S. The Morgan fingerprint density at radius 3 is 2.74 bits per heavy atom. The van der Waals surface area contributed by atoms with Crippen molar-refractivity contribution in [3.8, 4) is 0 Å². The van der Waals surface area contributed by atoms with E-state index in [1.54, 1.807) is 18.3 Å². The summed E-state index contributed by atoms with van der Waals surface area (Å²) in [6, 6.07) is 3.48. The summed E-state index contributed by atoms with van der Waals surface area (Å²) in [6.45, 7) is 1.84. The molecule has 2 rings (SSSR count). The Hall–Kier alpha value is -1.23. The highest BCUT2D eigenvalue weighted by atomic mass is 32.2. The number of carbonyl (C=O) groups is 1. The minimum atomic E-state index is -3.05. The predicted molar refractivity (Wildman–Crippen MR) is 73.9 cm³/mol. The van der Waals surface area contributed by atoms with Gasteiger partial charge in [-0.15, -0.1) is 0 Å². The van der Waals surface area contributed by atoms with Crippen LogP contribution in [-0.4, -0.2) is 30.7 Å². The lowest BCUT2D eigenvalue weighted by molar-refractivity contribution is 0.0890. The molecule has 0 bridgehead atoms. The number of hydrogen-bond acceptors (Lipinski definition) is 4. The first kappa shape index (κ1) is 14.2. The Balaban J connectivity index is 2.16. The molecule has 0 N–H and O–H groups in total. The van der Waals surface area contributed by atoms with Crippen LogP contribution in [0, 0.1) is 12.8 Å². The lowest BCUT2D eigenvalue weighted by atomic mass is 9.83. The van der Waals surface area contributed by atoms with E-state index in [4.69, 9.17) is 0 Å². The minimum absolute atomic E-state index is 0.0545. The van der Waals surface area contributed by atoms with Crippen molar-refractivity contribution in [2.75, 3.05) is 6.26 Å². The Bertz CT molecular complexity index is 580. The molecule has 1 aliphatic rings. The summed E-state index contributed by atoms with van der Waals surface area (Å²) >= 11 is 0. The fourth-order valence-electron chi connectivity index (χ4n) is 2.71. The van der Waals surface area contributed by atoms with Crippen molar-refractivity contribution >= 4 is 15.6 Å². The average Bonchev–Trinajstić information content (AvgIpc) is 2.37. The maximum atomic E-state index is 12.4. The van der Waals surface area contributed by atoms with E-state index in [2.05, 4.69) is 4.98 Å². The van der Waals surface area contributed by atoms with Crippen molar-refractivity contribution in [3.05, 3.63) is 29.6 Å². The molecule has 5 heteroatoms. The fourth-order valence-corrected chi connectivity index (χ4v) is 3.88. The highest BCUT2D eigenvalue weighted by molar-refractivity contribution is 7.91. The summed E-state index contributed by atoms with van der Waals surface area (Å²) in [7, 11) is -3.05. The SMILES string of the molecule is Cc1cc(C(=O)C2CCCC(S(C)(=O)=O)C2)ccn1. The number of hydrogen-bond donors (Lipinski definition) is 0. The van der Waals surface area contributed by atoms with E-state index in [0.29, 0.717) is 18.4 Å². The van der Waals surface area contributed by atoms with Crippen molar-refractivity contribution in [2.24, 2.45) is 5.92 Å². The van der Waals surface area contributed by atoms with Gasteiger partial charge in [0.2, 0.25) is 0 Å². The second-order valence-corrected chi connectivity index (χ2v) is 7.69. The molecule has 1 heterocycles. The van der Waals surface area contributed by atoms with Gasteiger partial charge in [0, 0.05) is 29.6 Å². The molecule has 0 radical (unpaired) electrons. The Morgan fingerprint density at radius 2 is 2.11 bits per heavy atom. The molecule has 0 saturated heterocycles. The van der Waals surface area contributed by atoms with Gasteiger partial charge in [-0.25, -0.2) is 8.42 Å². The van der Waals surface area contributed by atoms with Crippen molar-refractivity contribution in [3.63, 3.8) is 0 Å². The molecule has 1 fully saturated rings. The van der Waals surface area contributed by atoms with Crippen LogP contribution in [0.2, 0.25) is 0 Å². The third kappa shape index (κ3) is 3.41. The van der Waals surface area contributed by atoms with Gasteiger partial charge in [-0.1, -0.05) is 6.42 Å². The normalized spacial score (nSPS) is 24.1. The summed E-state index contributed by atoms with van der Waals surface area (Å²) in [5.41, 5.74) is 1.45. The Labute approximate surface area is 114 Å². The van der Waals surface area contributed by atoms with E-state index in [0.717, 1.165) is 18.5 Å². The molecule has 104 valence electrons. The highest BCUT2D eigenvalue weighted by Gasteiger charge is 2.32. The molecule has 1 aromatic heterocycles.